The zero-order valence-corrected chi connectivity index (χ0v) is 13.2. The summed E-state index contributed by atoms with van der Waals surface area (Å²) in [4.78, 5) is 1.14. The van der Waals surface area contributed by atoms with Crippen LogP contribution in [0.2, 0.25) is 0 Å². The summed E-state index contributed by atoms with van der Waals surface area (Å²) in [6.45, 7) is 4.31. The van der Waals surface area contributed by atoms with Crippen LogP contribution in [0.3, 0.4) is 0 Å². The van der Waals surface area contributed by atoms with Gasteiger partial charge in [0, 0.05) is 9.58 Å². The molecule has 2 aromatic rings. The highest BCUT2D eigenvalue weighted by atomic mass is 32.1. The monoisotopic (exact) mass is 288 g/mol. The third-order valence-corrected chi connectivity index (χ3v) is 6.49. The van der Waals surface area contributed by atoms with Crippen molar-refractivity contribution in [2.45, 2.75) is 51.6 Å². The second kappa shape index (κ2) is 5.50. The van der Waals surface area contributed by atoms with Crippen LogP contribution in [-0.4, -0.2) is 5.11 Å². The summed E-state index contributed by atoms with van der Waals surface area (Å²) in [5, 5.41) is 12.3. The maximum Gasteiger partial charge on any atom is 0.0988 e. The van der Waals surface area contributed by atoms with E-state index in [4.69, 9.17) is 0 Å². The number of fused-ring (bicyclic) bond motifs is 1. The van der Waals surface area contributed by atoms with Gasteiger partial charge in [-0.05, 0) is 49.1 Å². The Bertz CT molecular complexity index is 543. The molecule has 1 N–H and O–H groups in total. The van der Waals surface area contributed by atoms with E-state index in [1.165, 1.54) is 42.2 Å². The van der Waals surface area contributed by atoms with Gasteiger partial charge in [0.25, 0.3) is 0 Å². The Hall–Kier alpha value is -0.860. The molecule has 0 aliphatic heterocycles. The van der Waals surface area contributed by atoms with Crippen LogP contribution in [0.1, 0.15) is 50.8 Å². The van der Waals surface area contributed by atoms with E-state index in [9.17, 15) is 5.11 Å². The first-order chi connectivity index (χ1) is 9.61. The summed E-state index contributed by atoms with van der Waals surface area (Å²) in [6.07, 6.45) is 6.18. The molecule has 1 aliphatic rings. The third kappa shape index (κ3) is 2.51. The van der Waals surface area contributed by atoms with E-state index in [2.05, 4.69) is 37.3 Å². The summed E-state index contributed by atoms with van der Waals surface area (Å²) in [5.74, 6) is 1.29. The van der Waals surface area contributed by atoms with E-state index in [1.54, 1.807) is 11.3 Å². The molecular weight excluding hydrogens is 264 g/mol. The molecule has 0 radical (unpaired) electrons. The lowest BCUT2D eigenvalue weighted by Gasteiger charge is -2.37. The predicted octanol–water partition coefficient (Wildman–Crippen LogP) is 5.33. The van der Waals surface area contributed by atoms with Crippen molar-refractivity contribution >= 4 is 21.4 Å². The van der Waals surface area contributed by atoms with Crippen molar-refractivity contribution in [1.82, 2.24) is 0 Å². The molecule has 0 saturated heterocycles. The molecule has 0 spiro atoms. The number of rotatable bonds is 3. The van der Waals surface area contributed by atoms with Crippen molar-refractivity contribution in [3.8, 4) is 0 Å². The molecule has 1 aliphatic carbocycles. The minimum atomic E-state index is -0.664. The average molecular weight is 288 g/mol. The van der Waals surface area contributed by atoms with E-state index in [1.807, 2.05) is 6.92 Å². The normalized spacial score (nSPS) is 26.6. The highest BCUT2D eigenvalue weighted by molar-refractivity contribution is 7.19. The second-order valence-corrected chi connectivity index (χ2v) is 7.51. The van der Waals surface area contributed by atoms with Gasteiger partial charge < -0.3 is 5.11 Å². The number of benzene rings is 1. The van der Waals surface area contributed by atoms with Gasteiger partial charge in [0.15, 0.2) is 0 Å². The Kier molecular flexibility index (Phi) is 3.87. The zero-order chi connectivity index (χ0) is 14.2. The van der Waals surface area contributed by atoms with E-state index in [0.717, 1.165) is 10.8 Å². The first-order valence-corrected chi connectivity index (χ1v) is 8.64. The Morgan fingerprint density at radius 2 is 1.90 bits per heavy atom. The van der Waals surface area contributed by atoms with Crippen molar-refractivity contribution in [2.75, 3.05) is 0 Å². The zero-order valence-electron chi connectivity index (χ0n) is 12.4. The molecule has 1 saturated carbocycles. The lowest BCUT2D eigenvalue weighted by Crippen LogP contribution is -2.33. The molecule has 2 heteroatoms. The number of aliphatic hydroxyl groups is 1. The van der Waals surface area contributed by atoms with Crippen LogP contribution in [-0.2, 0) is 5.60 Å². The van der Waals surface area contributed by atoms with Crippen molar-refractivity contribution in [3.05, 3.63) is 35.2 Å². The number of hydrogen-bond acceptors (Lipinski definition) is 2. The molecule has 0 amide bonds. The molecule has 1 aromatic carbocycles. The summed E-state index contributed by atoms with van der Waals surface area (Å²) in [6, 6.07) is 10.6. The first kappa shape index (κ1) is 14.1. The SMILES string of the molecule is CCC1CCC(C(C)(O)c2cc3ccccc3s2)CC1. The molecule has 1 aromatic heterocycles. The van der Waals surface area contributed by atoms with Crippen LogP contribution < -0.4 is 0 Å². The Morgan fingerprint density at radius 1 is 1.20 bits per heavy atom. The molecule has 1 unspecified atom stereocenters. The highest BCUT2D eigenvalue weighted by Gasteiger charge is 2.37. The van der Waals surface area contributed by atoms with Gasteiger partial charge in [-0.15, -0.1) is 11.3 Å². The number of thiophene rings is 1. The standard InChI is InChI=1S/C18H24OS/c1-3-13-8-10-15(11-9-13)18(2,19)17-12-14-6-4-5-7-16(14)20-17/h4-7,12-13,15,19H,3,8-11H2,1-2H3. The largest absolute Gasteiger partial charge is 0.384 e. The average Bonchev–Trinajstić information content (AvgIpc) is 2.92. The minimum absolute atomic E-state index is 0.415. The molecule has 0 bridgehead atoms. The summed E-state index contributed by atoms with van der Waals surface area (Å²) in [7, 11) is 0. The molecule has 1 atom stereocenters. The number of hydrogen-bond donors (Lipinski definition) is 1. The van der Waals surface area contributed by atoms with Crippen LogP contribution in [0.5, 0.6) is 0 Å². The van der Waals surface area contributed by atoms with Crippen LogP contribution in [0.15, 0.2) is 30.3 Å². The quantitative estimate of drug-likeness (QED) is 0.810. The summed E-state index contributed by atoms with van der Waals surface area (Å²) in [5.41, 5.74) is -0.664. The summed E-state index contributed by atoms with van der Waals surface area (Å²) >= 11 is 1.75. The topological polar surface area (TPSA) is 20.2 Å². The van der Waals surface area contributed by atoms with Crippen LogP contribution in [0.25, 0.3) is 10.1 Å². The van der Waals surface area contributed by atoms with Crippen molar-refractivity contribution in [3.63, 3.8) is 0 Å². The van der Waals surface area contributed by atoms with Crippen LogP contribution >= 0.6 is 11.3 Å². The van der Waals surface area contributed by atoms with Crippen molar-refractivity contribution in [1.29, 1.82) is 0 Å². The first-order valence-electron chi connectivity index (χ1n) is 7.82. The summed E-state index contributed by atoms with van der Waals surface area (Å²) < 4.78 is 1.28. The Morgan fingerprint density at radius 3 is 2.55 bits per heavy atom. The van der Waals surface area contributed by atoms with Gasteiger partial charge in [0.05, 0.1) is 5.60 Å². The van der Waals surface area contributed by atoms with Crippen molar-refractivity contribution < 1.29 is 5.11 Å². The van der Waals surface area contributed by atoms with Gasteiger partial charge >= 0.3 is 0 Å². The maximum absolute atomic E-state index is 11.1. The van der Waals surface area contributed by atoms with Gasteiger partial charge in [0.1, 0.15) is 0 Å². The minimum Gasteiger partial charge on any atom is -0.384 e. The fourth-order valence-electron chi connectivity index (χ4n) is 3.57. The predicted molar refractivity (Wildman–Crippen MR) is 87.1 cm³/mol. The van der Waals surface area contributed by atoms with Gasteiger partial charge in [-0.2, -0.15) is 0 Å². The van der Waals surface area contributed by atoms with E-state index in [0.29, 0.717) is 5.92 Å². The molecule has 1 nitrogen and oxygen atoms in total. The lowest BCUT2D eigenvalue weighted by atomic mass is 9.73. The van der Waals surface area contributed by atoms with Crippen LogP contribution in [0, 0.1) is 11.8 Å². The van der Waals surface area contributed by atoms with E-state index < -0.39 is 5.60 Å². The molecule has 1 fully saturated rings. The van der Waals surface area contributed by atoms with Gasteiger partial charge in [0.2, 0.25) is 0 Å². The molecule has 20 heavy (non-hydrogen) atoms. The lowest BCUT2D eigenvalue weighted by molar-refractivity contribution is -0.0244. The molecule has 3 rings (SSSR count). The molecule has 108 valence electrons. The fourth-order valence-corrected chi connectivity index (χ4v) is 4.75. The fraction of sp³-hybridized carbons (Fsp3) is 0.556. The van der Waals surface area contributed by atoms with Crippen LogP contribution in [0.4, 0.5) is 0 Å². The Balaban J connectivity index is 1.84. The van der Waals surface area contributed by atoms with Gasteiger partial charge in [-0.25, -0.2) is 0 Å². The highest BCUT2D eigenvalue weighted by Crippen LogP contribution is 2.44. The van der Waals surface area contributed by atoms with E-state index in [-0.39, 0.29) is 0 Å². The molecule has 1 heterocycles. The molecular formula is C18H24OS. The third-order valence-electron chi connectivity index (χ3n) is 5.14. The van der Waals surface area contributed by atoms with Crippen molar-refractivity contribution in [2.24, 2.45) is 11.8 Å². The Labute approximate surface area is 125 Å². The van der Waals surface area contributed by atoms with E-state index >= 15 is 0 Å². The smallest absolute Gasteiger partial charge is 0.0988 e. The van der Waals surface area contributed by atoms with Gasteiger partial charge in [-0.3, -0.25) is 0 Å². The maximum atomic E-state index is 11.1. The second-order valence-electron chi connectivity index (χ2n) is 6.42. The van der Waals surface area contributed by atoms with Gasteiger partial charge in [-0.1, -0.05) is 44.4 Å².